The summed E-state index contributed by atoms with van der Waals surface area (Å²) in [5, 5.41) is 2.23. The van der Waals surface area contributed by atoms with Gasteiger partial charge in [-0.2, -0.15) is 13.2 Å². The first-order chi connectivity index (χ1) is 12.3. The fourth-order valence-corrected chi connectivity index (χ4v) is 2.58. The van der Waals surface area contributed by atoms with Gasteiger partial charge in [-0.1, -0.05) is 29.8 Å². The quantitative estimate of drug-likeness (QED) is 0.653. The SMILES string of the molecule is O=C(/C=C/c1ccc(Cl)c(C(F)(F)F)c1)NCc1nc2ccccc2[nH]1. The molecule has 0 saturated heterocycles. The van der Waals surface area contributed by atoms with Gasteiger partial charge in [0.15, 0.2) is 0 Å². The summed E-state index contributed by atoms with van der Waals surface area (Å²) in [6.45, 7) is 0.173. The van der Waals surface area contributed by atoms with Crippen molar-refractivity contribution in [1.29, 1.82) is 0 Å². The molecule has 0 fully saturated rings. The number of imidazole rings is 1. The van der Waals surface area contributed by atoms with E-state index in [9.17, 15) is 18.0 Å². The van der Waals surface area contributed by atoms with Crippen LogP contribution in [0.5, 0.6) is 0 Å². The summed E-state index contributed by atoms with van der Waals surface area (Å²) in [4.78, 5) is 19.2. The molecule has 2 N–H and O–H groups in total. The Morgan fingerprint density at radius 2 is 2.00 bits per heavy atom. The number of aromatic nitrogens is 2. The van der Waals surface area contributed by atoms with Gasteiger partial charge in [-0.3, -0.25) is 4.79 Å². The van der Waals surface area contributed by atoms with Crippen molar-refractivity contribution in [3.05, 3.63) is 70.5 Å². The number of nitrogens with zero attached hydrogens (tertiary/aromatic N) is 1. The van der Waals surface area contributed by atoms with Crippen LogP contribution in [0.25, 0.3) is 17.1 Å². The van der Waals surface area contributed by atoms with Crippen molar-refractivity contribution < 1.29 is 18.0 Å². The lowest BCUT2D eigenvalue weighted by atomic mass is 10.1. The number of carbonyl (C=O) groups excluding carboxylic acids is 1. The number of benzene rings is 2. The van der Waals surface area contributed by atoms with E-state index in [1.165, 1.54) is 12.1 Å². The minimum absolute atomic E-state index is 0.173. The van der Waals surface area contributed by atoms with Gasteiger partial charge in [0.1, 0.15) is 5.82 Å². The van der Waals surface area contributed by atoms with Gasteiger partial charge in [0.25, 0.3) is 0 Å². The Morgan fingerprint density at radius 1 is 1.23 bits per heavy atom. The fraction of sp³-hybridized carbons (Fsp3) is 0.111. The molecule has 26 heavy (non-hydrogen) atoms. The number of nitrogens with one attached hydrogen (secondary N) is 2. The number of alkyl halides is 3. The van der Waals surface area contributed by atoms with E-state index in [0.717, 1.165) is 29.2 Å². The molecule has 3 rings (SSSR count). The van der Waals surface area contributed by atoms with Crippen LogP contribution in [0.4, 0.5) is 13.2 Å². The lowest BCUT2D eigenvalue weighted by Crippen LogP contribution is -2.20. The maximum absolute atomic E-state index is 12.8. The first-order valence-corrected chi connectivity index (χ1v) is 7.97. The van der Waals surface area contributed by atoms with Crippen LogP contribution in [0.15, 0.2) is 48.5 Å². The van der Waals surface area contributed by atoms with E-state index in [4.69, 9.17) is 11.6 Å². The first kappa shape index (κ1) is 18.0. The fourth-order valence-electron chi connectivity index (χ4n) is 2.35. The minimum atomic E-state index is -4.55. The van der Waals surface area contributed by atoms with E-state index in [0.29, 0.717) is 5.82 Å². The number of fused-ring (bicyclic) bond motifs is 1. The predicted octanol–water partition coefficient (Wildman–Crippen LogP) is 4.56. The Bertz CT molecular complexity index is 946. The highest BCUT2D eigenvalue weighted by Gasteiger charge is 2.33. The Labute approximate surface area is 151 Å². The Balaban J connectivity index is 1.64. The van der Waals surface area contributed by atoms with Crippen LogP contribution in [0, 0.1) is 0 Å². The number of H-pyrrole nitrogens is 1. The van der Waals surface area contributed by atoms with E-state index in [-0.39, 0.29) is 17.1 Å². The average molecular weight is 380 g/mol. The summed E-state index contributed by atoms with van der Waals surface area (Å²) < 4.78 is 38.5. The van der Waals surface area contributed by atoms with Gasteiger partial charge >= 0.3 is 6.18 Å². The Hall–Kier alpha value is -2.80. The number of amides is 1. The van der Waals surface area contributed by atoms with Crippen LogP contribution in [0.2, 0.25) is 5.02 Å². The zero-order chi connectivity index (χ0) is 18.7. The molecule has 4 nitrogen and oxygen atoms in total. The smallest absolute Gasteiger partial charge is 0.345 e. The monoisotopic (exact) mass is 379 g/mol. The van der Waals surface area contributed by atoms with Gasteiger partial charge in [-0.25, -0.2) is 4.98 Å². The second-order valence-corrected chi connectivity index (χ2v) is 5.90. The highest BCUT2D eigenvalue weighted by Crippen LogP contribution is 2.35. The zero-order valence-electron chi connectivity index (χ0n) is 13.3. The van der Waals surface area contributed by atoms with E-state index < -0.39 is 17.6 Å². The second kappa shape index (κ2) is 7.21. The third-order valence-electron chi connectivity index (χ3n) is 3.59. The number of halogens is 4. The molecule has 0 bridgehead atoms. The highest BCUT2D eigenvalue weighted by molar-refractivity contribution is 6.31. The molecular formula is C18H13ClF3N3O. The number of hydrogen-bond acceptors (Lipinski definition) is 2. The van der Waals surface area contributed by atoms with Gasteiger partial charge in [0.2, 0.25) is 5.91 Å². The molecule has 0 aliphatic carbocycles. The van der Waals surface area contributed by atoms with Gasteiger partial charge in [0, 0.05) is 6.08 Å². The summed E-state index contributed by atoms with van der Waals surface area (Å²) in [7, 11) is 0. The van der Waals surface area contributed by atoms with Crippen molar-refractivity contribution in [2.24, 2.45) is 0 Å². The standard InChI is InChI=1S/C18H13ClF3N3O/c19-13-7-5-11(9-12(13)18(20,21)22)6-8-17(26)23-10-16-24-14-3-1-2-4-15(14)25-16/h1-9H,10H2,(H,23,26)(H,24,25)/b8-6+. The lowest BCUT2D eigenvalue weighted by Gasteiger charge is -2.09. The van der Waals surface area contributed by atoms with Crippen molar-refractivity contribution in [3.8, 4) is 0 Å². The van der Waals surface area contributed by atoms with Crippen LogP contribution < -0.4 is 5.32 Å². The van der Waals surface area contributed by atoms with Crippen LogP contribution in [0.3, 0.4) is 0 Å². The van der Waals surface area contributed by atoms with Gasteiger partial charge in [0.05, 0.1) is 28.2 Å². The summed E-state index contributed by atoms with van der Waals surface area (Å²) >= 11 is 5.56. The van der Waals surface area contributed by atoms with Crippen LogP contribution in [-0.2, 0) is 17.5 Å². The summed E-state index contributed by atoms with van der Waals surface area (Å²) in [5.41, 5.74) is 0.922. The molecule has 0 unspecified atom stereocenters. The number of rotatable bonds is 4. The molecule has 0 aliphatic rings. The lowest BCUT2D eigenvalue weighted by molar-refractivity contribution is -0.137. The summed E-state index contributed by atoms with van der Waals surface area (Å²) in [6, 6.07) is 10.9. The first-order valence-electron chi connectivity index (χ1n) is 7.59. The topological polar surface area (TPSA) is 57.8 Å². The van der Waals surface area contributed by atoms with Crippen molar-refractivity contribution in [3.63, 3.8) is 0 Å². The zero-order valence-corrected chi connectivity index (χ0v) is 14.0. The molecule has 0 aliphatic heterocycles. The van der Waals surface area contributed by atoms with E-state index >= 15 is 0 Å². The molecule has 1 aromatic heterocycles. The summed E-state index contributed by atoms with van der Waals surface area (Å²) in [5.74, 6) is 0.132. The third-order valence-corrected chi connectivity index (χ3v) is 3.92. The molecule has 1 heterocycles. The van der Waals surface area contributed by atoms with E-state index in [1.54, 1.807) is 0 Å². The Morgan fingerprint density at radius 3 is 2.73 bits per heavy atom. The molecule has 8 heteroatoms. The number of para-hydroxylation sites is 2. The maximum Gasteiger partial charge on any atom is 0.417 e. The molecule has 3 aromatic rings. The van der Waals surface area contributed by atoms with Crippen LogP contribution in [0.1, 0.15) is 17.0 Å². The van der Waals surface area contributed by atoms with Gasteiger partial charge in [-0.15, -0.1) is 0 Å². The molecular weight excluding hydrogens is 367 g/mol. The van der Waals surface area contributed by atoms with Crippen LogP contribution >= 0.6 is 11.6 Å². The molecule has 0 atom stereocenters. The van der Waals surface area contributed by atoms with Crippen molar-refractivity contribution in [1.82, 2.24) is 15.3 Å². The molecule has 0 radical (unpaired) electrons. The van der Waals surface area contributed by atoms with Crippen molar-refractivity contribution in [2.75, 3.05) is 0 Å². The van der Waals surface area contributed by atoms with E-state index in [2.05, 4.69) is 15.3 Å². The number of aromatic amines is 1. The molecule has 0 saturated carbocycles. The number of hydrogen-bond donors (Lipinski definition) is 2. The molecule has 0 spiro atoms. The minimum Gasteiger partial charge on any atom is -0.345 e. The normalized spacial score (nSPS) is 12.0. The van der Waals surface area contributed by atoms with Gasteiger partial charge in [-0.05, 0) is 35.9 Å². The van der Waals surface area contributed by atoms with Crippen LogP contribution in [-0.4, -0.2) is 15.9 Å². The largest absolute Gasteiger partial charge is 0.417 e. The predicted molar refractivity (Wildman–Crippen MR) is 93.4 cm³/mol. The third kappa shape index (κ3) is 4.23. The Kier molecular flexibility index (Phi) is 4.99. The molecule has 134 valence electrons. The average Bonchev–Trinajstić information content (AvgIpc) is 3.01. The van der Waals surface area contributed by atoms with E-state index in [1.807, 2.05) is 24.3 Å². The maximum atomic E-state index is 12.8. The molecule has 1 amide bonds. The second-order valence-electron chi connectivity index (χ2n) is 5.49. The van der Waals surface area contributed by atoms with Crippen molar-refractivity contribution >= 4 is 34.6 Å². The summed E-state index contributed by atoms with van der Waals surface area (Å²) in [6.07, 6.45) is -2.10. The number of carbonyl (C=O) groups is 1. The highest BCUT2D eigenvalue weighted by atomic mass is 35.5. The molecule has 2 aromatic carbocycles. The van der Waals surface area contributed by atoms with Gasteiger partial charge < -0.3 is 10.3 Å². The van der Waals surface area contributed by atoms with Crippen molar-refractivity contribution in [2.45, 2.75) is 12.7 Å².